The molecule has 1 atom stereocenters. The van der Waals surface area contributed by atoms with Crippen molar-refractivity contribution in [2.24, 2.45) is 5.92 Å². The van der Waals surface area contributed by atoms with E-state index in [0.717, 1.165) is 0 Å². The number of amides is 1. The number of carbonyl (C=O) groups is 4. The molecule has 6 nitrogen and oxygen atoms in total. The molecule has 0 rings (SSSR count). The first-order chi connectivity index (χ1) is 8.23. The number of Topliss-reactive ketones (excluding diaryl/α,β-unsaturated/α-hetero) is 2. The molecule has 1 amide bonds. The highest BCUT2D eigenvalue weighted by molar-refractivity contribution is 5.93. The Balaban J connectivity index is 4.49. The second-order valence-electron chi connectivity index (χ2n) is 4.48. The normalized spacial score (nSPS) is 12.0. The largest absolute Gasteiger partial charge is 0.481 e. The van der Waals surface area contributed by atoms with Crippen LogP contribution in [0.1, 0.15) is 40.0 Å². The molecule has 0 aromatic carbocycles. The molecule has 0 spiro atoms. The topological polar surface area (TPSA) is 101 Å². The Morgan fingerprint density at radius 1 is 1.11 bits per heavy atom. The van der Waals surface area contributed by atoms with Crippen molar-refractivity contribution in [3.8, 4) is 0 Å². The maximum absolute atomic E-state index is 11.7. The van der Waals surface area contributed by atoms with E-state index >= 15 is 0 Å². The highest BCUT2D eigenvalue weighted by Gasteiger charge is 2.25. The maximum atomic E-state index is 11.7. The summed E-state index contributed by atoms with van der Waals surface area (Å²) in [7, 11) is 0. The minimum absolute atomic E-state index is 0.0309. The standard InChI is InChI=1S/C12H19NO5/c1-7(2)12(18)9(6-11(16)17)13-10(15)5-4-8(3)14/h7,9H,4-6H2,1-3H3,(H,13,15)(H,16,17). The first kappa shape index (κ1) is 16.3. The third kappa shape index (κ3) is 6.78. The highest BCUT2D eigenvalue weighted by atomic mass is 16.4. The average molecular weight is 257 g/mol. The van der Waals surface area contributed by atoms with Crippen LogP contribution in [-0.2, 0) is 19.2 Å². The van der Waals surface area contributed by atoms with E-state index in [9.17, 15) is 19.2 Å². The van der Waals surface area contributed by atoms with Gasteiger partial charge in [-0.05, 0) is 6.92 Å². The van der Waals surface area contributed by atoms with Gasteiger partial charge in [-0.25, -0.2) is 0 Å². The van der Waals surface area contributed by atoms with Crippen LogP contribution in [0.25, 0.3) is 0 Å². The monoisotopic (exact) mass is 257 g/mol. The van der Waals surface area contributed by atoms with Crippen molar-refractivity contribution in [3.63, 3.8) is 0 Å². The number of carboxylic acid groups (broad SMARTS) is 1. The van der Waals surface area contributed by atoms with Gasteiger partial charge in [0.15, 0.2) is 5.78 Å². The van der Waals surface area contributed by atoms with Crippen LogP contribution in [0.2, 0.25) is 0 Å². The maximum Gasteiger partial charge on any atom is 0.305 e. The van der Waals surface area contributed by atoms with Gasteiger partial charge in [-0.3, -0.25) is 14.4 Å². The van der Waals surface area contributed by atoms with Gasteiger partial charge in [-0.2, -0.15) is 0 Å². The Kier molecular flexibility index (Phi) is 6.85. The molecule has 0 heterocycles. The molecule has 0 aromatic heterocycles. The molecule has 0 aromatic rings. The SMILES string of the molecule is CC(=O)CCC(=O)NC(CC(=O)O)C(=O)C(C)C. The molecule has 0 saturated carbocycles. The average Bonchev–Trinajstić information content (AvgIpc) is 2.23. The van der Waals surface area contributed by atoms with Crippen LogP contribution in [0, 0.1) is 5.92 Å². The first-order valence-electron chi connectivity index (χ1n) is 5.78. The van der Waals surface area contributed by atoms with E-state index < -0.39 is 24.3 Å². The van der Waals surface area contributed by atoms with Crippen molar-refractivity contribution in [2.75, 3.05) is 0 Å². The van der Waals surface area contributed by atoms with Gasteiger partial charge in [0, 0.05) is 18.8 Å². The molecule has 18 heavy (non-hydrogen) atoms. The number of nitrogens with one attached hydrogen (secondary N) is 1. The van der Waals surface area contributed by atoms with Crippen molar-refractivity contribution in [1.82, 2.24) is 5.32 Å². The predicted octanol–water partition coefficient (Wildman–Crippen LogP) is 0.540. The smallest absolute Gasteiger partial charge is 0.305 e. The summed E-state index contributed by atoms with van der Waals surface area (Å²) in [5.41, 5.74) is 0. The summed E-state index contributed by atoms with van der Waals surface area (Å²) in [6.07, 6.45) is -0.388. The van der Waals surface area contributed by atoms with Gasteiger partial charge in [-0.1, -0.05) is 13.8 Å². The number of hydrogen-bond donors (Lipinski definition) is 2. The van der Waals surface area contributed by atoms with Gasteiger partial charge in [0.25, 0.3) is 0 Å². The van der Waals surface area contributed by atoms with Crippen LogP contribution >= 0.6 is 0 Å². The highest BCUT2D eigenvalue weighted by Crippen LogP contribution is 2.05. The van der Waals surface area contributed by atoms with E-state index in [1.807, 2.05) is 0 Å². The lowest BCUT2D eigenvalue weighted by atomic mass is 9.99. The molecular weight excluding hydrogens is 238 g/mol. The fraction of sp³-hybridized carbons (Fsp3) is 0.667. The molecular formula is C12H19NO5. The minimum Gasteiger partial charge on any atom is -0.481 e. The van der Waals surface area contributed by atoms with Gasteiger partial charge in [0.05, 0.1) is 12.5 Å². The number of carboxylic acids is 1. The van der Waals surface area contributed by atoms with E-state index in [1.165, 1.54) is 6.92 Å². The fourth-order valence-electron chi connectivity index (χ4n) is 1.36. The third-order valence-electron chi connectivity index (χ3n) is 2.33. The van der Waals surface area contributed by atoms with E-state index in [4.69, 9.17) is 5.11 Å². The molecule has 0 aliphatic carbocycles. The van der Waals surface area contributed by atoms with Crippen molar-refractivity contribution in [2.45, 2.75) is 46.1 Å². The van der Waals surface area contributed by atoms with Gasteiger partial charge < -0.3 is 15.2 Å². The van der Waals surface area contributed by atoms with Crippen LogP contribution in [0.4, 0.5) is 0 Å². The number of ketones is 2. The Labute approximate surface area is 106 Å². The second-order valence-corrected chi connectivity index (χ2v) is 4.48. The zero-order valence-electron chi connectivity index (χ0n) is 10.9. The van der Waals surface area contributed by atoms with Gasteiger partial charge in [0.1, 0.15) is 5.78 Å². The van der Waals surface area contributed by atoms with Crippen molar-refractivity contribution in [1.29, 1.82) is 0 Å². The van der Waals surface area contributed by atoms with E-state index in [1.54, 1.807) is 13.8 Å². The van der Waals surface area contributed by atoms with Gasteiger partial charge in [-0.15, -0.1) is 0 Å². The molecule has 1 unspecified atom stereocenters. The van der Waals surface area contributed by atoms with Gasteiger partial charge >= 0.3 is 5.97 Å². The third-order valence-corrected chi connectivity index (χ3v) is 2.33. The van der Waals surface area contributed by atoms with Gasteiger partial charge in [0.2, 0.25) is 5.91 Å². The molecule has 0 aliphatic rings. The quantitative estimate of drug-likeness (QED) is 0.661. The van der Waals surface area contributed by atoms with Crippen molar-refractivity contribution >= 4 is 23.4 Å². The van der Waals surface area contributed by atoms with Crippen molar-refractivity contribution < 1.29 is 24.3 Å². The summed E-state index contributed by atoms with van der Waals surface area (Å²) >= 11 is 0. The molecule has 0 radical (unpaired) electrons. The lowest BCUT2D eigenvalue weighted by Gasteiger charge is -2.17. The minimum atomic E-state index is -1.15. The van der Waals surface area contributed by atoms with Crippen LogP contribution < -0.4 is 5.32 Å². The molecule has 2 N–H and O–H groups in total. The molecule has 0 bridgehead atoms. The van der Waals surface area contributed by atoms with Crippen LogP contribution in [-0.4, -0.2) is 34.6 Å². The fourth-order valence-corrected chi connectivity index (χ4v) is 1.36. The number of carbonyl (C=O) groups excluding carboxylic acids is 3. The van der Waals surface area contributed by atoms with Crippen LogP contribution in [0.15, 0.2) is 0 Å². The second kappa shape index (κ2) is 7.58. The lowest BCUT2D eigenvalue weighted by Crippen LogP contribution is -2.44. The lowest BCUT2D eigenvalue weighted by molar-refractivity contribution is -0.140. The molecule has 102 valence electrons. The van der Waals surface area contributed by atoms with Crippen molar-refractivity contribution in [3.05, 3.63) is 0 Å². The Bertz CT molecular complexity index is 348. The summed E-state index contributed by atoms with van der Waals surface area (Å²) in [5.74, 6) is -2.45. The summed E-state index contributed by atoms with van der Waals surface area (Å²) in [5, 5.41) is 11.1. The Morgan fingerprint density at radius 2 is 1.67 bits per heavy atom. The zero-order valence-corrected chi connectivity index (χ0v) is 10.9. The molecule has 0 fully saturated rings. The van der Waals surface area contributed by atoms with E-state index in [0.29, 0.717) is 0 Å². The summed E-state index contributed by atoms with van der Waals surface area (Å²) in [6.45, 7) is 4.64. The molecule has 0 saturated heterocycles. The van der Waals surface area contributed by atoms with Crippen LogP contribution in [0.5, 0.6) is 0 Å². The number of aliphatic carboxylic acids is 1. The van der Waals surface area contributed by atoms with Crippen LogP contribution in [0.3, 0.4) is 0 Å². The summed E-state index contributed by atoms with van der Waals surface area (Å²) in [4.78, 5) is 44.5. The summed E-state index contributed by atoms with van der Waals surface area (Å²) in [6, 6.07) is -1.03. The van der Waals surface area contributed by atoms with E-state index in [-0.39, 0.29) is 30.3 Å². The molecule has 0 aliphatic heterocycles. The van der Waals surface area contributed by atoms with E-state index in [2.05, 4.69) is 5.32 Å². The molecule has 6 heteroatoms. The Morgan fingerprint density at radius 3 is 2.06 bits per heavy atom. The first-order valence-corrected chi connectivity index (χ1v) is 5.78. The number of rotatable bonds is 8. The Hall–Kier alpha value is -1.72. The predicted molar refractivity (Wildman–Crippen MR) is 63.9 cm³/mol. The summed E-state index contributed by atoms with van der Waals surface area (Å²) < 4.78 is 0. The zero-order chi connectivity index (χ0) is 14.3. The number of hydrogen-bond acceptors (Lipinski definition) is 4.